The van der Waals surface area contributed by atoms with Gasteiger partial charge in [0, 0.05) is 10.6 Å². The fourth-order valence-corrected chi connectivity index (χ4v) is 6.42. The Morgan fingerprint density at radius 1 is 0.947 bits per heavy atom. The van der Waals surface area contributed by atoms with Crippen molar-refractivity contribution in [2.75, 3.05) is 0 Å². The second-order valence-corrected chi connectivity index (χ2v) is 11.2. The quantitative estimate of drug-likeness (QED) is 0.375. The van der Waals surface area contributed by atoms with E-state index < -0.39 is 33.8 Å². The summed E-state index contributed by atoms with van der Waals surface area (Å²) < 4.78 is 27.4. The molecule has 2 heterocycles. The molecule has 1 fully saturated rings. The van der Waals surface area contributed by atoms with E-state index in [0.29, 0.717) is 34.8 Å². The zero-order valence-electron chi connectivity index (χ0n) is 20.2. The van der Waals surface area contributed by atoms with Crippen LogP contribution in [0.3, 0.4) is 0 Å². The molecule has 1 unspecified atom stereocenters. The summed E-state index contributed by atoms with van der Waals surface area (Å²) in [5.74, 6) is -1.51. The third kappa shape index (κ3) is 4.46. The largest absolute Gasteiger partial charge is 0.480 e. The number of aromatic nitrogens is 3. The predicted molar refractivity (Wildman–Crippen MR) is 139 cm³/mol. The van der Waals surface area contributed by atoms with Gasteiger partial charge in [-0.05, 0) is 67.8 Å². The van der Waals surface area contributed by atoms with Crippen molar-refractivity contribution in [1.29, 1.82) is 0 Å². The number of nitrogens with zero attached hydrogens (tertiary/aromatic N) is 4. The molecule has 2 atom stereocenters. The molecule has 5 rings (SSSR count). The zero-order valence-corrected chi connectivity index (χ0v) is 21.8. The fourth-order valence-electron chi connectivity index (χ4n) is 4.80. The van der Waals surface area contributed by atoms with Gasteiger partial charge in [-0.2, -0.15) is 0 Å². The van der Waals surface area contributed by atoms with Gasteiger partial charge in [0.15, 0.2) is 0 Å². The minimum Gasteiger partial charge on any atom is -0.480 e. The summed E-state index contributed by atoms with van der Waals surface area (Å²) in [5, 5.41) is 18.0. The van der Waals surface area contributed by atoms with E-state index in [9.17, 15) is 23.1 Å². The Kier molecular flexibility index (Phi) is 6.77. The van der Waals surface area contributed by atoms with Gasteiger partial charge in [0.05, 0.1) is 22.3 Å². The SMILES string of the molecule is Cc1c(S(=O)(=O)c2ccccc2)nnn1-c1ccc(C(=O)N2C(c3ccccc3Cl)CC[C@H]2C(=O)O)cc1. The van der Waals surface area contributed by atoms with Crippen LogP contribution in [0.1, 0.15) is 40.5 Å². The van der Waals surface area contributed by atoms with Gasteiger partial charge in [-0.15, -0.1) is 5.10 Å². The molecule has 194 valence electrons. The topological polar surface area (TPSA) is 122 Å². The molecular formula is C27H23ClN4O5S. The van der Waals surface area contributed by atoms with Crippen LogP contribution >= 0.6 is 11.6 Å². The van der Waals surface area contributed by atoms with Crippen molar-refractivity contribution in [3.05, 3.63) is 101 Å². The Morgan fingerprint density at radius 3 is 2.26 bits per heavy atom. The highest BCUT2D eigenvalue weighted by atomic mass is 35.5. The van der Waals surface area contributed by atoms with Crippen molar-refractivity contribution in [1.82, 2.24) is 19.9 Å². The van der Waals surface area contributed by atoms with Crippen LogP contribution in [0, 0.1) is 6.92 Å². The Labute approximate surface area is 224 Å². The summed E-state index contributed by atoms with van der Waals surface area (Å²) in [6.45, 7) is 1.60. The number of amides is 1. The number of halogens is 1. The molecule has 11 heteroatoms. The van der Waals surface area contributed by atoms with Crippen molar-refractivity contribution in [2.24, 2.45) is 0 Å². The normalized spacial score (nSPS) is 17.5. The third-order valence-electron chi connectivity index (χ3n) is 6.69. The highest BCUT2D eigenvalue weighted by Gasteiger charge is 2.42. The molecule has 3 aromatic carbocycles. The number of carboxylic acids is 1. The average Bonchev–Trinajstić information content (AvgIpc) is 3.54. The van der Waals surface area contributed by atoms with Gasteiger partial charge < -0.3 is 10.0 Å². The van der Waals surface area contributed by atoms with E-state index in [1.807, 2.05) is 0 Å². The number of carboxylic acid groups (broad SMARTS) is 1. The Balaban J connectivity index is 1.45. The lowest BCUT2D eigenvalue weighted by Crippen LogP contribution is -2.41. The molecule has 38 heavy (non-hydrogen) atoms. The molecule has 0 radical (unpaired) electrons. The smallest absolute Gasteiger partial charge is 0.326 e. The fraction of sp³-hybridized carbons (Fsp3) is 0.185. The molecule has 4 aromatic rings. The lowest BCUT2D eigenvalue weighted by atomic mass is 10.0. The van der Waals surface area contributed by atoms with Gasteiger partial charge in [-0.3, -0.25) is 4.79 Å². The molecular weight excluding hydrogens is 528 g/mol. The average molecular weight is 551 g/mol. The van der Waals surface area contributed by atoms with E-state index >= 15 is 0 Å². The first-order chi connectivity index (χ1) is 18.2. The molecule has 9 nitrogen and oxygen atoms in total. The third-order valence-corrected chi connectivity index (χ3v) is 8.81. The molecule has 1 aliphatic rings. The predicted octanol–water partition coefficient (Wildman–Crippen LogP) is 4.49. The van der Waals surface area contributed by atoms with E-state index in [0.717, 1.165) is 0 Å². The first-order valence-corrected chi connectivity index (χ1v) is 13.7. The van der Waals surface area contributed by atoms with E-state index in [1.165, 1.54) is 21.7 Å². The van der Waals surface area contributed by atoms with Crippen molar-refractivity contribution in [2.45, 2.75) is 41.8 Å². The van der Waals surface area contributed by atoms with Crippen LogP contribution < -0.4 is 0 Å². The van der Waals surface area contributed by atoms with Crippen LogP contribution in [0.15, 0.2) is 88.8 Å². The number of rotatable bonds is 6. The van der Waals surface area contributed by atoms with Gasteiger partial charge in [-0.1, -0.05) is 53.2 Å². The maximum Gasteiger partial charge on any atom is 0.326 e. The minimum atomic E-state index is -3.86. The standard InChI is InChI=1S/C27H23ClN4O5S/c1-17-25(38(36,37)20-7-3-2-4-8-20)29-30-32(17)19-13-11-18(12-14-19)26(33)31-23(15-16-24(31)27(34)35)21-9-5-6-10-22(21)28/h2-14,23-24H,15-16H2,1H3,(H,34,35)/t23?,24-/m0/s1. The monoisotopic (exact) mass is 550 g/mol. The Hall–Kier alpha value is -4.02. The van der Waals surface area contributed by atoms with Gasteiger partial charge in [0.25, 0.3) is 5.91 Å². The summed E-state index contributed by atoms with van der Waals surface area (Å²) in [5.41, 5.74) is 1.80. The Morgan fingerprint density at radius 2 is 1.61 bits per heavy atom. The maximum atomic E-state index is 13.6. The second kappa shape index (κ2) is 10.0. The van der Waals surface area contributed by atoms with E-state index in [-0.39, 0.29) is 15.5 Å². The van der Waals surface area contributed by atoms with E-state index in [4.69, 9.17) is 11.6 Å². The van der Waals surface area contributed by atoms with Crippen molar-refractivity contribution in [3.8, 4) is 5.69 Å². The van der Waals surface area contributed by atoms with E-state index in [2.05, 4.69) is 10.3 Å². The van der Waals surface area contributed by atoms with Gasteiger partial charge in [-0.25, -0.2) is 17.9 Å². The molecule has 0 aliphatic carbocycles. The number of likely N-dealkylation sites (tertiary alicyclic amines) is 1. The maximum absolute atomic E-state index is 13.6. The molecule has 0 saturated carbocycles. The molecule has 0 bridgehead atoms. The van der Waals surface area contributed by atoms with Gasteiger partial charge in [0.1, 0.15) is 6.04 Å². The number of benzene rings is 3. The van der Waals surface area contributed by atoms with Crippen molar-refractivity contribution < 1.29 is 23.1 Å². The van der Waals surface area contributed by atoms with Gasteiger partial charge in [0.2, 0.25) is 14.9 Å². The minimum absolute atomic E-state index is 0.114. The second-order valence-electron chi connectivity index (χ2n) is 8.94. The summed E-state index contributed by atoms with van der Waals surface area (Å²) in [7, 11) is -3.86. The Bertz CT molecular complexity index is 1620. The van der Waals surface area contributed by atoms with Crippen LogP contribution in [0.4, 0.5) is 0 Å². The van der Waals surface area contributed by atoms with Crippen LogP contribution in [-0.2, 0) is 14.6 Å². The lowest BCUT2D eigenvalue weighted by molar-refractivity contribution is -0.141. The van der Waals surface area contributed by atoms with Crippen molar-refractivity contribution in [3.63, 3.8) is 0 Å². The highest BCUT2D eigenvalue weighted by molar-refractivity contribution is 7.91. The highest BCUT2D eigenvalue weighted by Crippen LogP contribution is 2.40. The summed E-state index contributed by atoms with van der Waals surface area (Å²) >= 11 is 6.38. The molecule has 1 aliphatic heterocycles. The lowest BCUT2D eigenvalue weighted by Gasteiger charge is -2.29. The number of hydrogen-bond donors (Lipinski definition) is 1. The van der Waals surface area contributed by atoms with Crippen molar-refractivity contribution >= 4 is 33.3 Å². The number of aliphatic carboxylic acids is 1. The summed E-state index contributed by atoms with van der Waals surface area (Å²) in [4.78, 5) is 27.0. The van der Waals surface area contributed by atoms with Gasteiger partial charge >= 0.3 is 5.97 Å². The molecule has 1 aromatic heterocycles. The first kappa shape index (κ1) is 25.6. The molecule has 1 amide bonds. The van der Waals surface area contributed by atoms with E-state index in [1.54, 1.807) is 73.7 Å². The number of carbonyl (C=O) groups is 2. The summed E-state index contributed by atoms with van der Waals surface area (Å²) in [6.07, 6.45) is 0.785. The van der Waals surface area contributed by atoms with Crippen LogP contribution in [-0.4, -0.2) is 51.3 Å². The zero-order chi connectivity index (χ0) is 27.0. The summed E-state index contributed by atoms with van der Waals surface area (Å²) in [6, 6.07) is 20.0. The molecule has 0 spiro atoms. The molecule has 1 N–H and O–H groups in total. The first-order valence-electron chi connectivity index (χ1n) is 11.8. The number of sulfone groups is 1. The van der Waals surface area contributed by atoms with Crippen LogP contribution in [0.25, 0.3) is 5.69 Å². The van der Waals surface area contributed by atoms with Crippen LogP contribution in [0.5, 0.6) is 0 Å². The molecule has 1 saturated heterocycles. The number of hydrogen-bond acceptors (Lipinski definition) is 6. The number of carbonyl (C=O) groups excluding carboxylic acids is 1. The van der Waals surface area contributed by atoms with Crippen LogP contribution in [0.2, 0.25) is 5.02 Å².